The summed E-state index contributed by atoms with van der Waals surface area (Å²) in [5, 5.41) is 11.7. The van der Waals surface area contributed by atoms with Crippen LogP contribution < -0.4 is 0 Å². The highest BCUT2D eigenvalue weighted by atomic mass is 32.2. The highest BCUT2D eigenvalue weighted by Crippen LogP contribution is 2.60. The summed E-state index contributed by atoms with van der Waals surface area (Å²) in [7, 11) is 0. The number of ether oxygens (including phenoxy) is 2. The van der Waals surface area contributed by atoms with Crippen molar-refractivity contribution in [2.75, 3.05) is 6.61 Å². The van der Waals surface area contributed by atoms with Crippen LogP contribution in [0, 0.1) is 17.8 Å². The van der Waals surface area contributed by atoms with E-state index in [0.717, 1.165) is 24.9 Å². The van der Waals surface area contributed by atoms with Crippen LogP contribution in [0.2, 0.25) is 0 Å². The van der Waals surface area contributed by atoms with Crippen LogP contribution in [-0.4, -0.2) is 34.2 Å². The molecule has 0 aromatic heterocycles. The van der Waals surface area contributed by atoms with Gasteiger partial charge in [0.1, 0.15) is 6.61 Å². The number of esters is 2. The molecule has 1 heterocycles. The zero-order valence-electron chi connectivity index (χ0n) is 11.9. The van der Waals surface area contributed by atoms with E-state index in [2.05, 4.69) is 9.37 Å². The molecule has 0 aromatic rings. The van der Waals surface area contributed by atoms with E-state index >= 15 is 0 Å². The second-order valence-corrected chi connectivity index (χ2v) is 8.03. The highest BCUT2D eigenvalue weighted by Gasteiger charge is 2.70. The van der Waals surface area contributed by atoms with Crippen LogP contribution in [0.15, 0.2) is 0 Å². The Hall–Kier alpha value is -0.830. The zero-order valence-corrected chi connectivity index (χ0v) is 12.7. The molecular weight excluding hydrogens is 300 g/mol. The van der Waals surface area contributed by atoms with Crippen molar-refractivity contribution >= 4 is 24.0 Å². The van der Waals surface area contributed by atoms with Crippen LogP contribution in [0.5, 0.6) is 0 Å². The maximum Gasteiger partial charge on any atom is 0.350 e. The summed E-state index contributed by atoms with van der Waals surface area (Å²) in [5.41, 5.74) is -1.07. The summed E-state index contributed by atoms with van der Waals surface area (Å²) >= 11 is 0.839. The molecule has 3 fully saturated rings. The minimum Gasteiger partial charge on any atom is -0.461 e. The predicted molar refractivity (Wildman–Crippen MR) is 70.6 cm³/mol. The summed E-state index contributed by atoms with van der Waals surface area (Å²) in [6, 6.07) is 0. The molecule has 2 bridgehead atoms. The zero-order chi connectivity index (χ0) is 15.3. The first-order valence-electron chi connectivity index (χ1n) is 6.94. The number of fused-ring (bicyclic) bond motifs is 1. The molecule has 7 nitrogen and oxygen atoms in total. The molecule has 3 aliphatic rings. The minimum absolute atomic E-state index is 0.0321. The number of carbonyl (C=O) groups is 2. The minimum atomic E-state index is -1.07. The van der Waals surface area contributed by atoms with Crippen molar-refractivity contribution in [2.24, 2.45) is 17.8 Å². The van der Waals surface area contributed by atoms with Crippen molar-refractivity contribution in [3.63, 3.8) is 0 Å². The maximum absolute atomic E-state index is 12.5. The van der Waals surface area contributed by atoms with Crippen LogP contribution in [-0.2, 0) is 28.4 Å². The van der Waals surface area contributed by atoms with Gasteiger partial charge in [0.25, 0.3) is 0 Å². The predicted octanol–water partition coefficient (Wildman–Crippen LogP) is 1.72. The fourth-order valence-electron chi connectivity index (χ4n) is 3.81. The van der Waals surface area contributed by atoms with Crippen molar-refractivity contribution in [3.05, 3.63) is 0 Å². The van der Waals surface area contributed by atoms with Gasteiger partial charge in [-0.15, -0.1) is 4.33 Å². The van der Waals surface area contributed by atoms with Crippen molar-refractivity contribution in [2.45, 2.75) is 43.5 Å². The van der Waals surface area contributed by atoms with E-state index in [1.54, 1.807) is 13.8 Å². The average molecular weight is 318 g/mol. The first-order valence-corrected chi connectivity index (χ1v) is 7.68. The van der Waals surface area contributed by atoms with Gasteiger partial charge < -0.3 is 9.47 Å². The van der Waals surface area contributed by atoms with Gasteiger partial charge in [-0.1, -0.05) is 5.04 Å². The van der Waals surface area contributed by atoms with Gasteiger partial charge in [-0.2, -0.15) is 0 Å². The van der Waals surface area contributed by atoms with Crippen molar-refractivity contribution in [1.82, 2.24) is 0 Å². The van der Waals surface area contributed by atoms with E-state index in [-0.39, 0.29) is 24.4 Å². The van der Waals surface area contributed by atoms with Crippen LogP contribution >= 0.6 is 12.0 Å². The molecule has 118 valence electrons. The van der Waals surface area contributed by atoms with E-state index < -0.39 is 16.3 Å². The highest BCUT2D eigenvalue weighted by molar-refractivity contribution is 7.95. The van der Waals surface area contributed by atoms with Crippen molar-refractivity contribution < 1.29 is 33.7 Å². The third-order valence-electron chi connectivity index (χ3n) is 4.62. The van der Waals surface area contributed by atoms with Crippen LogP contribution in [0.25, 0.3) is 0 Å². The fraction of sp³-hybridized carbons (Fsp3) is 0.846. The first-order chi connectivity index (χ1) is 9.88. The Morgan fingerprint density at radius 3 is 2.95 bits per heavy atom. The molecule has 1 saturated heterocycles. The standard InChI is InChI=1S/C13H18O7S/c1-12(2,21-20-19-16)6-17-11(15)13-5-7-3-8(9(13)4-7)10(14)18-13/h7-9,16H,3-6H2,1-2H3. The van der Waals surface area contributed by atoms with Gasteiger partial charge in [-0.05, 0) is 32.6 Å². The van der Waals surface area contributed by atoms with E-state index in [0.29, 0.717) is 12.3 Å². The Labute approximate surface area is 126 Å². The molecule has 0 amide bonds. The second kappa shape index (κ2) is 5.12. The summed E-state index contributed by atoms with van der Waals surface area (Å²) < 4.78 is 14.5. The number of hydrogen-bond acceptors (Lipinski definition) is 8. The van der Waals surface area contributed by atoms with E-state index in [4.69, 9.17) is 14.7 Å². The van der Waals surface area contributed by atoms with Crippen molar-refractivity contribution in [1.29, 1.82) is 0 Å². The Morgan fingerprint density at radius 2 is 2.29 bits per heavy atom. The summed E-state index contributed by atoms with van der Waals surface area (Å²) in [4.78, 5) is 24.3. The van der Waals surface area contributed by atoms with Gasteiger partial charge in [-0.25, -0.2) is 10.1 Å². The number of carbonyl (C=O) groups excluding carboxylic acids is 2. The molecule has 1 aliphatic heterocycles. The Morgan fingerprint density at radius 1 is 1.52 bits per heavy atom. The molecule has 0 aromatic carbocycles. The number of rotatable bonds is 6. The third-order valence-corrected chi connectivity index (χ3v) is 5.32. The lowest BCUT2D eigenvalue weighted by Gasteiger charge is -2.29. The molecule has 0 radical (unpaired) electrons. The molecule has 1 N–H and O–H groups in total. The molecule has 2 aliphatic carbocycles. The van der Waals surface area contributed by atoms with Gasteiger partial charge in [0, 0.05) is 24.4 Å². The lowest BCUT2D eigenvalue weighted by atomic mass is 9.80. The van der Waals surface area contributed by atoms with Gasteiger partial charge >= 0.3 is 11.9 Å². The summed E-state index contributed by atoms with van der Waals surface area (Å²) in [6.45, 7) is 3.60. The third kappa shape index (κ3) is 2.44. The lowest BCUT2D eigenvalue weighted by molar-refractivity contribution is -0.432. The smallest absolute Gasteiger partial charge is 0.350 e. The van der Waals surface area contributed by atoms with Gasteiger partial charge in [0.15, 0.2) is 0 Å². The average Bonchev–Trinajstić information content (AvgIpc) is 3.03. The summed E-state index contributed by atoms with van der Waals surface area (Å²) in [6.07, 6.45) is 2.27. The molecule has 3 rings (SSSR count). The Kier molecular flexibility index (Phi) is 3.67. The Balaban J connectivity index is 1.63. The van der Waals surface area contributed by atoms with Gasteiger partial charge in [-0.3, -0.25) is 4.79 Å². The lowest BCUT2D eigenvalue weighted by Crippen LogP contribution is -2.45. The maximum atomic E-state index is 12.5. The first kappa shape index (κ1) is 15.1. The van der Waals surface area contributed by atoms with Crippen LogP contribution in [0.4, 0.5) is 0 Å². The van der Waals surface area contributed by atoms with Gasteiger partial charge in [0.2, 0.25) is 5.60 Å². The van der Waals surface area contributed by atoms with Crippen molar-refractivity contribution in [3.8, 4) is 0 Å². The van der Waals surface area contributed by atoms with E-state index in [9.17, 15) is 9.59 Å². The molecule has 8 heteroatoms. The SMILES string of the molecule is CC(C)(COC(=O)C12CC3CC(C(=O)O1)C2C3)SOOO. The second-order valence-electron chi connectivity index (χ2n) is 6.63. The molecule has 4 atom stereocenters. The largest absolute Gasteiger partial charge is 0.461 e. The molecular formula is C13H18O7S. The Bertz CT molecular complexity index is 465. The van der Waals surface area contributed by atoms with Crippen LogP contribution in [0.3, 0.4) is 0 Å². The number of hydrogen-bond donors (Lipinski definition) is 1. The van der Waals surface area contributed by atoms with E-state index in [1.165, 1.54) is 0 Å². The summed E-state index contributed by atoms with van der Waals surface area (Å²) in [5.74, 6) is -0.514. The van der Waals surface area contributed by atoms with Gasteiger partial charge in [0.05, 0.1) is 10.7 Å². The normalized spacial score (nSPS) is 36.9. The van der Waals surface area contributed by atoms with Crippen LogP contribution in [0.1, 0.15) is 33.1 Å². The monoisotopic (exact) mass is 318 g/mol. The molecule has 2 saturated carbocycles. The quantitative estimate of drug-likeness (QED) is 0.342. The molecule has 4 unspecified atom stereocenters. The topological polar surface area (TPSA) is 91.3 Å². The molecule has 0 spiro atoms. The van der Waals surface area contributed by atoms with E-state index in [1.807, 2.05) is 0 Å². The fourth-order valence-corrected chi connectivity index (χ4v) is 4.13. The molecule has 21 heavy (non-hydrogen) atoms.